The predicted molar refractivity (Wildman–Crippen MR) is 71.1 cm³/mol. The minimum absolute atomic E-state index is 0.216. The summed E-state index contributed by atoms with van der Waals surface area (Å²) in [4.78, 5) is 14.6. The largest absolute Gasteiger partial charge is 0.361 e. The van der Waals surface area contributed by atoms with Crippen molar-refractivity contribution in [3.05, 3.63) is 48.2 Å². The van der Waals surface area contributed by atoms with Crippen LogP contribution in [0.4, 0.5) is 0 Å². The Bertz CT molecular complexity index is 537. The molecule has 2 rings (SSSR count). The standard InChI is InChI=1S/C15H17NO/c1-2-5-13(17)8-3-6-12-7-4-9-15-14(12)10-11-16-15/h2,4-5,7,9-11,16H,3,6,8H2,1H3/b5-2+. The lowest BCUT2D eigenvalue weighted by Crippen LogP contribution is -1.94. The highest BCUT2D eigenvalue weighted by molar-refractivity contribution is 5.89. The zero-order chi connectivity index (χ0) is 12.1. The molecule has 1 aromatic carbocycles. The Kier molecular flexibility index (Phi) is 3.76. The number of carbonyl (C=O) groups excluding carboxylic acids is 1. The van der Waals surface area contributed by atoms with Crippen molar-refractivity contribution in [3.63, 3.8) is 0 Å². The fourth-order valence-corrected chi connectivity index (χ4v) is 2.09. The average Bonchev–Trinajstić information content (AvgIpc) is 2.78. The van der Waals surface area contributed by atoms with Crippen LogP contribution < -0.4 is 0 Å². The van der Waals surface area contributed by atoms with Crippen molar-refractivity contribution in [2.75, 3.05) is 0 Å². The molecule has 0 fully saturated rings. The Hall–Kier alpha value is -1.83. The van der Waals surface area contributed by atoms with Crippen LogP contribution in [0.25, 0.3) is 10.9 Å². The molecule has 0 bridgehead atoms. The van der Waals surface area contributed by atoms with Gasteiger partial charge in [0.05, 0.1) is 0 Å². The lowest BCUT2D eigenvalue weighted by atomic mass is 10.0. The van der Waals surface area contributed by atoms with Crippen LogP contribution in [0.1, 0.15) is 25.3 Å². The first-order valence-corrected chi connectivity index (χ1v) is 6.02. The van der Waals surface area contributed by atoms with Gasteiger partial charge in [0.25, 0.3) is 0 Å². The van der Waals surface area contributed by atoms with Gasteiger partial charge in [-0.25, -0.2) is 0 Å². The van der Waals surface area contributed by atoms with Gasteiger partial charge in [-0.05, 0) is 43.5 Å². The fourth-order valence-electron chi connectivity index (χ4n) is 2.09. The van der Waals surface area contributed by atoms with E-state index < -0.39 is 0 Å². The summed E-state index contributed by atoms with van der Waals surface area (Å²) in [5, 5.41) is 1.27. The summed E-state index contributed by atoms with van der Waals surface area (Å²) >= 11 is 0. The van der Waals surface area contributed by atoms with Gasteiger partial charge in [0, 0.05) is 23.5 Å². The third-order valence-corrected chi connectivity index (χ3v) is 2.91. The summed E-state index contributed by atoms with van der Waals surface area (Å²) in [6.45, 7) is 1.87. The second-order valence-corrected chi connectivity index (χ2v) is 4.18. The molecule has 0 spiro atoms. The van der Waals surface area contributed by atoms with Crippen LogP contribution in [0.2, 0.25) is 0 Å². The third-order valence-electron chi connectivity index (χ3n) is 2.91. The van der Waals surface area contributed by atoms with Crippen molar-refractivity contribution in [1.29, 1.82) is 0 Å². The lowest BCUT2D eigenvalue weighted by Gasteiger charge is -2.02. The molecule has 2 aromatic rings. The zero-order valence-corrected chi connectivity index (χ0v) is 10.1. The molecular formula is C15H17NO. The van der Waals surface area contributed by atoms with Gasteiger partial charge in [0.15, 0.2) is 5.78 Å². The minimum atomic E-state index is 0.216. The van der Waals surface area contributed by atoms with E-state index in [2.05, 4.69) is 29.2 Å². The Balaban J connectivity index is 1.99. The van der Waals surface area contributed by atoms with Gasteiger partial charge in [0.1, 0.15) is 0 Å². The molecule has 0 aliphatic rings. The summed E-state index contributed by atoms with van der Waals surface area (Å²) in [5.74, 6) is 0.216. The molecule has 0 saturated heterocycles. The van der Waals surface area contributed by atoms with E-state index in [1.807, 2.05) is 13.1 Å². The Morgan fingerprint density at radius 3 is 3.06 bits per heavy atom. The number of H-pyrrole nitrogens is 1. The normalized spacial score (nSPS) is 11.4. The second kappa shape index (κ2) is 5.48. The second-order valence-electron chi connectivity index (χ2n) is 4.18. The van der Waals surface area contributed by atoms with Crippen LogP contribution in [0.3, 0.4) is 0 Å². The maximum Gasteiger partial charge on any atom is 0.155 e. The SMILES string of the molecule is C/C=C/C(=O)CCCc1cccc2[nH]ccc12. The summed E-state index contributed by atoms with van der Waals surface area (Å²) in [6.07, 6.45) is 7.91. The Morgan fingerprint density at radius 1 is 1.35 bits per heavy atom. The highest BCUT2D eigenvalue weighted by Gasteiger charge is 2.02. The van der Waals surface area contributed by atoms with Crippen molar-refractivity contribution in [3.8, 4) is 0 Å². The molecule has 1 N–H and O–H groups in total. The molecule has 0 amide bonds. The van der Waals surface area contributed by atoms with E-state index >= 15 is 0 Å². The van der Waals surface area contributed by atoms with Gasteiger partial charge >= 0.3 is 0 Å². The van der Waals surface area contributed by atoms with Crippen LogP contribution in [0, 0.1) is 0 Å². The van der Waals surface area contributed by atoms with Crippen LogP contribution in [0.15, 0.2) is 42.6 Å². The molecule has 0 atom stereocenters. The van der Waals surface area contributed by atoms with E-state index in [1.165, 1.54) is 16.5 Å². The van der Waals surface area contributed by atoms with E-state index in [-0.39, 0.29) is 5.78 Å². The van der Waals surface area contributed by atoms with Crippen molar-refractivity contribution >= 4 is 16.7 Å². The van der Waals surface area contributed by atoms with Crippen molar-refractivity contribution in [1.82, 2.24) is 4.98 Å². The molecule has 0 aliphatic carbocycles. The lowest BCUT2D eigenvalue weighted by molar-refractivity contribution is -0.114. The summed E-state index contributed by atoms with van der Waals surface area (Å²) in [5.41, 5.74) is 2.49. The number of hydrogen-bond donors (Lipinski definition) is 1. The number of fused-ring (bicyclic) bond motifs is 1. The van der Waals surface area contributed by atoms with Crippen molar-refractivity contribution in [2.24, 2.45) is 0 Å². The number of carbonyl (C=O) groups is 1. The monoisotopic (exact) mass is 227 g/mol. The van der Waals surface area contributed by atoms with Crippen LogP contribution >= 0.6 is 0 Å². The number of nitrogens with one attached hydrogen (secondary N) is 1. The number of benzene rings is 1. The predicted octanol–water partition coefficient (Wildman–Crippen LogP) is 3.64. The van der Waals surface area contributed by atoms with Crippen molar-refractivity contribution in [2.45, 2.75) is 26.2 Å². The number of hydrogen-bond acceptors (Lipinski definition) is 1. The number of ketones is 1. The average molecular weight is 227 g/mol. The first-order valence-electron chi connectivity index (χ1n) is 6.02. The van der Waals surface area contributed by atoms with Gasteiger partial charge in [-0.15, -0.1) is 0 Å². The molecule has 1 aromatic heterocycles. The summed E-state index contributed by atoms with van der Waals surface area (Å²) in [7, 11) is 0. The zero-order valence-electron chi connectivity index (χ0n) is 10.1. The number of aromatic nitrogens is 1. The Labute approximate surface area is 101 Å². The molecule has 88 valence electrons. The molecule has 2 nitrogen and oxygen atoms in total. The number of allylic oxidation sites excluding steroid dienone is 2. The van der Waals surface area contributed by atoms with Gasteiger partial charge in [-0.1, -0.05) is 18.2 Å². The third kappa shape index (κ3) is 2.84. The first kappa shape index (κ1) is 11.6. The van der Waals surface area contributed by atoms with E-state index in [4.69, 9.17) is 0 Å². The molecule has 0 unspecified atom stereocenters. The maximum absolute atomic E-state index is 11.4. The van der Waals surface area contributed by atoms with E-state index in [0.717, 1.165) is 12.8 Å². The quantitative estimate of drug-likeness (QED) is 0.777. The highest BCUT2D eigenvalue weighted by Crippen LogP contribution is 2.19. The summed E-state index contributed by atoms with van der Waals surface area (Å²) < 4.78 is 0. The van der Waals surface area contributed by atoms with Crippen molar-refractivity contribution < 1.29 is 4.79 Å². The smallest absolute Gasteiger partial charge is 0.155 e. The highest BCUT2D eigenvalue weighted by atomic mass is 16.1. The molecule has 0 aliphatic heterocycles. The van der Waals surface area contributed by atoms with Crippen LogP contribution in [-0.2, 0) is 11.2 Å². The molecule has 2 heteroatoms. The topological polar surface area (TPSA) is 32.9 Å². The van der Waals surface area contributed by atoms with Gasteiger partial charge in [-0.2, -0.15) is 0 Å². The van der Waals surface area contributed by atoms with Gasteiger partial charge < -0.3 is 4.98 Å². The van der Waals surface area contributed by atoms with Crippen LogP contribution in [0.5, 0.6) is 0 Å². The number of aryl methyl sites for hydroxylation is 1. The van der Waals surface area contributed by atoms with Gasteiger partial charge in [0.2, 0.25) is 0 Å². The molecule has 1 heterocycles. The van der Waals surface area contributed by atoms with E-state index in [0.29, 0.717) is 6.42 Å². The molecule has 17 heavy (non-hydrogen) atoms. The molecule has 0 saturated carbocycles. The number of rotatable bonds is 5. The van der Waals surface area contributed by atoms with E-state index in [9.17, 15) is 4.79 Å². The fraction of sp³-hybridized carbons (Fsp3) is 0.267. The number of aromatic amines is 1. The van der Waals surface area contributed by atoms with E-state index in [1.54, 1.807) is 12.2 Å². The minimum Gasteiger partial charge on any atom is -0.361 e. The van der Waals surface area contributed by atoms with Crippen LogP contribution in [-0.4, -0.2) is 10.8 Å². The molecule has 0 radical (unpaired) electrons. The van der Waals surface area contributed by atoms with Gasteiger partial charge in [-0.3, -0.25) is 4.79 Å². The first-order chi connectivity index (χ1) is 8.31. The summed E-state index contributed by atoms with van der Waals surface area (Å²) in [6, 6.07) is 8.36. The Morgan fingerprint density at radius 2 is 2.24 bits per heavy atom. The molecular weight excluding hydrogens is 210 g/mol. The maximum atomic E-state index is 11.4.